The molecule has 0 aromatic carbocycles. The molecule has 1 aliphatic heterocycles. The molecule has 7 heteroatoms. The molecule has 0 bridgehead atoms. The van der Waals surface area contributed by atoms with Gasteiger partial charge in [0.1, 0.15) is 11.8 Å². The average molecular weight is 401 g/mol. The average Bonchev–Trinajstić information content (AvgIpc) is 2.84. The minimum atomic E-state index is 0.344. The first-order valence-corrected chi connectivity index (χ1v) is 10.8. The van der Waals surface area contributed by atoms with Gasteiger partial charge < -0.3 is 19.1 Å². The highest BCUT2D eigenvalue weighted by Crippen LogP contribution is 2.32. The predicted octanol–water partition coefficient (Wildman–Crippen LogP) is 3.87. The van der Waals surface area contributed by atoms with Crippen LogP contribution in [-0.2, 0) is 12.8 Å². The molecule has 2 aliphatic rings. The van der Waals surface area contributed by atoms with Crippen molar-refractivity contribution in [1.29, 1.82) is 0 Å². The van der Waals surface area contributed by atoms with Crippen LogP contribution in [0.3, 0.4) is 0 Å². The summed E-state index contributed by atoms with van der Waals surface area (Å²) in [5, 5.41) is 0. The fourth-order valence-electron chi connectivity index (χ4n) is 3.43. The fraction of sp³-hybridized carbons (Fsp3) is 0.524. The Bertz CT molecular complexity index is 841. The number of aryl methyl sites for hydroxylation is 1. The van der Waals surface area contributed by atoms with Gasteiger partial charge in [0.05, 0.1) is 7.11 Å². The molecule has 0 atom stereocenters. The number of hydrogen-bond acceptors (Lipinski definition) is 7. The Balaban J connectivity index is 1.46. The van der Waals surface area contributed by atoms with Crippen LogP contribution in [0.1, 0.15) is 36.1 Å². The van der Waals surface area contributed by atoms with E-state index in [0.29, 0.717) is 12.0 Å². The van der Waals surface area contributed by atoms with Crippen molar-refractivity contribution < 1.29 is 9.47 Å². The number of methoxy groups -OCH3 is 1. The minimum Gasteiger partial charge on any atom is -0.479 e. The van der Waals surface area contributed by atoms with Gasteiger partial charge in [-0.15, -0.1) is 0 Å². The number of anilines is 1. The van der Waals surface area contributed by atoms with E-state index in [1.54, 1.807) is 7.11 Å². The van der Waals surface area contributed by atoms with E-state index in [4.69, 9.17) is 14.5 Å². The van der Waals surface area contributed by atoms with Crippen molar-refractivity contribution in [1.82, 2.24) is 14.9 Å². The lowest BCUT2D eigenvalue weighted by Crippen LogP contribution is -2.25. The second kappa shape index (κ2) is 8.57. The Morgan fingerprint density at radius 1 is 1.18 bits per heavy atom. The zero-order valence-electron chi connectivity index (χ0n) is 16.8. The maximum absolute atomic E-state index is 5.94. The van der Waals surface area contributed by atoms with Crippen LogP contribution in [0.4, 0.5) is 5.69 Å². The van der Waals surface area contributed by atoms with E-state index in [1.807, 2.05) is 13.1 Å². The molecule has 150 valence electrons. The molecule has 1 aliphatic carbocycles. The highest BCUT2D eigenvalue weighted by molar-refractivity contribution is 8.00. The maximum atomic E-state index is 5.94. The number of pyridine rings is 2. The summed E-state index contributed by atoms with van der Waals surface area (Å²) in [5.74, 6) is 1.40. The second-order valence-corrected chi connectivity index (χ2v) is 8.50. The van der Waals surface area contributed by atoms with Crippen LogP contribution < -0.4 is 14.2 Å². The largest absolute Gasteiger partial charge is 0.479 e. The summed E-state index contributed by atoms with van der Waals surface area (Å²) in [6.45, 7) is 4.14. The van der Waals surface area contributed by atoms with Crippen LogP contribution >= 0.6 is 11.9 Å². The summed E-state index contributed by atoms with van der Waals surface area (Å²) in [4.78, 5) is 12.7. The van der Waals surface area contributed by atoms with Crippen LogP contribution in [0, 0.1) is 6.92 Å². The van der Waals surface area contributed by atoms with Gasteiger partial charge in [0, 0.05) is 41.9 Å². The lowest BCUT2D eigenvalue weighted by Gasteiger charge is -2.26. The predicted molar refractivity (Wildman–Crippen MR) is 112 cm³/mol. The van der Waals surface area contributed by atoms with Gasteiger partial charge in [0.2, 0.25) is 11.8 Å². The van der Waals surface area contributed by atoms with Crippen molar-refractivity contribution >= 4 is 17.6 Å². The van der Waals surface area contributed by atoms with Crippen molar-refractivity contribution in [3.63, 3.8) is 0 Å². The van der Waals surface area contributed by atoms with Gasteiger partial charge in [0.15, 0.2) is 0 Å². The monoisotopic (exact) mass is 400 g/mol. The number of fused-ring (bicyclic) bond motifs is 1. The molecule has 2 aromatic rings. The topological polar surface area (TPSA) is 59.5 Å². The zero-order valence-corrected chi connectivity index (χ0v) is 17.6. The number of aromatic nitrogens is 2. The van der Waals surface area contributed by atoms with E-state index >= 15 is 0 Å². The van der Waals surface area contributed by atoms with Crippen molar-refractivity contribution in [3.8, 4) is 11.8 Å². The molecule has 1 saturated carbocycles. The molecule has 3 heterocycles. The highest BCUT2D eigenvalue weighted by Gasteiger charge is 2.21. The standard InChI is InChI=1S/C21H28N4O2S/c1-14-11-17(13-22-20(14)27-16-5-4-6-16)28-24-19-12-15-7-9-25(2)10-8-18(15)23-21(19)26-3/h11-13,16,24H,4-10H2,1-3H3. The van der Waals surface area contributed by atoms with Crippen LogP contribution in [0.2, 0.25) is 0 Å². The first-order chi connectivity index (χ1) is 13.6. The molecule has 1 fully saturated rings. The smallest absolute Gasteiger partial charge is 0.238 e. The molecule has 4 rings (SSSR count). The van der Waals surface area contributed by atoms with Crippen molar-refractivity contribution in [3.05, 3.63) is 35.2 Å². The number of nitrogens with one attached hydrogen (secondary N) is 1. The third-order valence-electron chi connectivity index (χ3n) is 5.46. The van der Waals surface area contributed by atoms with Crippen LogP contribution in [-0.4, -0.2) is 48.2 Å². The molecule has 0 radical (unpaired) electrons. The Morgan fingerprint density at radius 3 is 2.71 bits per heavy atom. The van der Waals surface area contributed by atoms with Crippen molar-refractivity contribution in [2.45, 2.75) is 50.0 Å². The number of likely N-dealkylation sites (N-methyl/N-ethyl adjacent to an activating group) is 1. The molecular weight excluding hydrogens is 372 g/mol. The third kappa shape index (κ3) is 4.36. The van der Waals surface area contributed by atoms with Gasteiger partial charge in [-0.3, -0.25) is 0 Å². The highest BCUT2D eigenvalue weighted by atomic mass is 32.2. The van der Waals surface area contributed by atoms with Crippen LogP contribution in [0.5, 0.6) is 11.8 Å². The number of nitrogens with zero attached hydrogens (tertiary/aromatic N) is 3. The van der Waals surface area contributed by atoms with Gasteiger partial charge in [0.25, 0.3) is 0 Å². The van der Waals surface area contributed by atoms with Gasteiger partial charge in [-0.05, 0) is 69.3 Å². The SMILES string of the molecule is COc1nc2c(cc1NSc1cnc(OC3CCC3)c(C)c1)CCN(C)CC2. The molecule has 6 nitrogen and oxygen atoms in total. The maximum Gasteiger partial charge on any atom is 0.238 e. The van der Waals surface area contributed by atoms with E-state index in [1.165, 1.54) is 23.9 Å². The normalized spacial score (nSPS) is 17.4. The van der Waals surface area contributed by atoms with Crippen LogP contribution in [0.15, 0.2) is 23.2 Å². The molecule has 28 heavy (non-hydrogen) atoms. The Morgan fingerprint density at radius 2 is 2.00 bits per heavy atom. The van der Waals surface area contributed by atoms with Gasteiger partial charge in [-0.1, -0.05) is 0 Å². The van der Waals surface area contributed by atoms with E-state index in [-0.39, 0.29) is 0 Å². The molecule has 0 amide bonds. The summed E-state index contributed by atoms with van der Waals surface area (Å²) in [6.07, 6.45) is 7.71. The number of ether oxygens (including phenoxy) is 2. The Labute approximate surface area is 171 Å². The van der Waals surface area contributed by atoms with Gasteiger partial charge in [-0.2, -0.15) is 0 Å². The summed E-state index contributed by atoms with van der Waals surface area (Å²) in [7, 11) is 3.83. The Hall–Kier alpha value is -1.99. The first-order valence-electron chi connectivity index (χ1n) is 9.94. The Kier molecular flexibility index (Phi) is 5.92. The van der Waals surface area contributed by atoms with E-state index < -0.39 is 0 Å². The van der Waals surface area contributed by atoms with Crippen molar-refractivity contribution in [2.24, 2.45) is 0 Å². The van der Waals surface area contributed by atoms with E-state index in [9.17, 15) is 0 Å². The summed E-state index contributed by atoms with van der Waals surface area (Å²) in [6, 6.07) is 4.29. The summed E-state index contributed by atoms with van der Waals surface area (Å²) >= 11 is 1.52. The third-order valence-corrected chi connectivity index (χ3v) is 6.24. The molecule has 1 N–H and O–H groups in total. The molecule has 0 spiro atoms. The summed E-state index contributed by atoms with van der Waals surface area (Å²) < 4.78 is 14.9. The lowest BCUT2D eigenvalue weighted by atomic mass is 9.96. The zero-order chi connectivity index (χ0) is 19.5. The molecular formula is C21H28N4O2S. The molecule has 0 unspecified atom stereocenters. The first kappa shape index (κ1) is 19.3. The van der Waals surface area contributed by atoms with Crippen LogP contribution in [0.25, 0.3) is 0 Å². The number of hydrogen-bond donors (Lipinski definition) is 1. The fourth-order valence-corrected chi connectivity index (χ4v) is 4.15. The van der Waals surface area contributed by atoms with E-state index in [2.05, 4.69) is 33.8 Å². The lowest BCUT2D eigenvalue weighted by molar-refractivity contribution is 0.113. The molecule has 0 saturated heterocycles. The quantitative estimate of drug-likeness (QED) is 0.739. The van der Waals surface area contributed by atoms with E-state index in [0.717, 1.165) is 66.5 Å². The minimum absolute atomic E-state index is 0.344. The van der Waals surface area contributed by atoms with Gasteiger partial charge in [-0.25, -0.2) is 9.97 Å². The number of rotatable bonds is 6. The second-order valence-electron chi connectivity index (χ2n) is 7.62. The summed E-state index contributed by atoms with van der Waals surface area (Å²) in [5.41, 5.74) is 4.41. The molecule has 2 aromatic heterocycles. The van der Waals surface area contributed by atoms with Gasteiger partial charge >= 0.3 is 0 Å². The van der Waals surface area contributed by atoms with Crippen molar-refractivity contribution in [2.75, 3.05) is 32.0 Å².